The zero-order chi connectivity index (χ0) is 11.5. The molecule has 0 spiro atoms. The summed E-state index contributed by atoms with van der Waals surface area (Å²) < 4.78 is 5.08. The molecule has 0 aliphatic heterocycles. The first-order valence-corrected chi connectivity index (χ1v) is 6.16. The van der Waals surface area contributed by atoms with Crippen LogP contribution >= 0.6 is 0 Å². The van der Waals surface area contributed by atoms with E-state index in [1.165, 1.54) is 24.8 Å². The summed E-state index contributed by atoms with van der Waals surface area (Å²) in [5.74, 6) is 0.698. The Bertz CT molecular complexity index is 160. The molecule has 0 fully saturated rings. The highest BCUT2D eigenvalue weighted by atomic mass is 16.5. The fourth-order valence-electron chi connectivity index (χ4n) is 1.84. The lowest BCUT2D eigenvalue weighted by Gasteiger charge is -2.13. The Morgan fingerprint density at radius 3 is 2.53 bits per heavy atom. The van der Waals surface area contributed by atoms with Gasteiger partial charge in [0.05, 0.1) is 0 Å². The van der Waals surface area contributed by atoms with Crippen LogP contribution in [-0.4, -0.2) is 20.3 Å². The molecule has 15 heavy (non-hydrogen) atoms. The van der Waals surface area contributed by atoms with E-state index in [1.807, 2.05) is 0 Å². The van der Waals surface area contributed by atoms with Gasteiger partial charge < -0.3 is 10.5 Å². The lowest BCUT2D eigenvalue weighted by molar-refractivity contribution is 0.188. The van der Waals surface area contributed by atoms with Gasteiger partial charge in [-0.1, -0.05) is 31.9 Å². The number of hydrogen-bond donors (Lipinski definition) is 1. The maximum absolute atomic E-state index is 5.69. The van der Waals surface area contributed by atoms with E-state index in [1.54, 1.807) is 7.11 Å². The Kier molecular flexibility index (Phi) is 9.96. The minimum absolute atomic E-state index is 0.698. The summed E-state index contributed by atoms with van der Waals surface area (Å²) in [6.45, 7) is 6.00. The fourth-order valence-corrected chi connectivity index (χ4v) is 1.84. The average molecular weight is 213 g/mol. The van der Waals surface area contributed by atoms with Crippen molar-refractivity contribution in [3.8, 4) is 0 Å². The molecule has 0 aliphatic carbocycles. The lowest BCUT2D eigenvalue weighted by Crippen LogP contribution is -2.06. The third kappa shape index (κ3) is 7.57. The van der Waals surface area contributed by atoms with Crippen molar-refractivity contribution in [3.05, 3.63) is 11.6 Å². The smallest absolute Gasteiger partial charge is 0.0462 e. The van der Waals surface area contributed by atoms with Gasteiger partial charge in [-0.25, -0.2) is 0 Å². The summed E-state index contributed by atoms with van der Waals surface area (Å²) in [4.78, 5) is 0. The van der Waals surface area contributed by atoms with E-state index in [0.29, 0.717) is 12.5 Å². The third-order valence-corrected chi connectivity index (χ3v) is 2.77. The van der Waals surface area contributed by atoms with Crippen LogP contribution in [0.15, 0.2) is 11.6 Å². The molecule has 0 aromatic carbocycles. The Balaban J connectivity index is 4.06. The van der Waals surface area contributed by atoms with Gasteiger partial charge in [0.2, 0.25) is 0 Å². The van der Waals surface area contributed by atoms with Gasteiger partial charge in [-0.15, -0.1) is 0 Å². The molecule has 0 aromatic heterocycles. The highest BCUT2D eigenvalue weighted by molar-refractivity contribution is 5.05. The zero-order valence-electron chi connectivity index (χ0n) is 10.6. The van der Waals surface area contributed by atoms with E-state index in [0.717, 1.165) is 19.4 Å². The van der Waals surface area contributed by atoms with E-state index in [4.69, 9.17) is 10.5 Å². The molecule has 1 unspecified atom stereocenters. The molecule has 2 nitrogen and oxygen atoms in total. The molecule has 2 N–H and O–H groups in total. The Morgan fingerprint density at radius 2 is 2.07 bits per heavy atom. The predicted molar refractivity (Wildman–Crippen MR) is 66.9 cm³/mol. The maximum atomic E-state index is 5.69. The van der Waals surface area contributed by atoms with Gasteiger partial charge in [0.1, 0.15) is 0 Å². The number of methoxy groups -OCH3 is 1. The first-order chi connectivity index (χ1) is 7.28. The van der Waals surface area contributed by atoms with Gasteiger partial charge in [0.15, 0.2) is 0 Å². The van der Waals surface area contributed by atoms with Crippen LogP contribution in [-0.2, 0) is 4.74 Å². The standard InChI is InChI=1S/C13H27NO/c1-4-7-13(8-6-9-15-3)10-12(5-2)11-14/h10,13H,4-9,11,14H2,1-3H3/b12-10+. The van der Waals surface area contributed by atoms with Crippen molar-refractivity contribution < 1.29 is 4.74 Å². The normalized spacial score (nSPS) is 14.3. The minimum Gasteiger partial charge on any atom is -0.385 e. The van der Waals surface area contributed by atoms with Crippen LogP contribution in [0.25, 0.3) is 0 Å². The van der Waals surface area contributed by atoms with Crippen molar-refractivity contribution in [3.63, 3.8) is 0 Å². The Hall–Kier alpha value is -0.340. The van der Waals surface area contributed by atoms with Gasteiger partial charge in [0.25, 0.3) is 0 Å². The second kappa shape index (κ2) is 10.2. The number of rotatable bonds is 9. The second-order valence-corrected chi connectivity index (χ2v) is 4.07. The van der Waals surface area contributed by atoms with Crippen molar-refractivity contribution in [1.82, 2.24) is 0 Å². The van der Waals surface area contributed by atoms with Crippen LogP contribution in [0.2, 0.25) is 0 Å². The third-order valence-electron chi connectivity index (χ3n) is 2.77. The summed E-state index contributed by atoms with van der Waals surface area (Å²) >= 11 is 0. The van der Waals surface area contributed by atoms with Crippen molar-refractivity contribution in [2.45, 2.75) is 46.0 Å². The minimum atomic E-state index is 0.698. The molecule has 0 amide bonds. The summed E-state index contributed by atoms with van der Waals surface area (Å²) in [5.41, 5.74) is 7.08. The van der Waals surface area contributed by atoms with Crippen LogP contribution in [0.4, 0.5) is 0 Å². The molecule has 0 aliphatic rings. The molecule has 0 saturated carbocycles. The largest absolute Gasteiger partial charge is 0.385 e. The number of ether oxygens (including phenoxy) is 1. The summed E-state index contributed by atoms with van der Waals surface area (Å²) in [6, 6.07) is 0. The lowest BCUT2D eigenvalue weighted by atomic mass is 9.94. The molecular formula is C13H27NO. The number of allylic oxidation sites excluding steroid dienone is 1. The Morgan fingerprint density at radius 1 is 1.33 bits per heavy atom. The number of nitrogens with two attached hydrogens (primary N) is 1. The van der Waals surface area contributed by atoms with Gasteiger partial charge in [-0.2, -0.15) is 0 Å². The molecule has 2 heteroatoms. The van der Waals surface area contributed by atoms with E-state index in [2.05, 4.69) is 19.9 Å². The fraction of sp³-hybridized carbons (Fsp3) is 0.846. The summed E-state index contributed by atoms with van der Waals surface area (Å²) in [7, 11) is 1.77. The summed E-state index contributed by atoms with van der Waals surface area (Å²) in [5, 5.41) is 0. The second-order valence-electron chi connectivity index (χ2n) is 4.07. The van der Waals surface area contributed by atoms with Crippen LogP contribution in [0.3, 0.4) is 0 Å². The Labute approximate surface area is 94.9 Å². The molecule has 0 radical (unpaired) electrons. The quantitative estimate of drug-likeness (QED) is 0.472. The highest BCUT2D eigenvalue weighted by Gasteiger charge is 2.05. The molecule has 90 valence electrons. The van der Waals surface area contributed by atoms with Gasteiger partial charge in [0, 0.05) is 20.3 Å². The number of hydrogen-bond acceptors (Lipinski definition) is 2. The van der Waals surface area contributed by atoms with Crippen LogP contribution < -0.4 is 5.73 Å². The molecule has 0 bridgehead atoms. The zero-order valence-corrected chi connectivity index (χ0v) is 10.6. The first kappa shape index (κ1) is 14.7. The summed E-state index contributed by atoms with van der Waals surface area (Å²) in [6.07, 6.45) is 8.37. The van der Waals surface area contributed by atoms with Gasteiger partial charge in [-0.05, 0) is 31.6 Å². The predicted octanol–water partition coefficient (Wildman–Crippen LogP) is 3.12. The molecular weight excluding hydrogens is 186 g/mol. The van der Waals surface area contributed by atoms with E-state index in [-0.39, 0.29) is 0 Å². The molecule has 0 aromatic rings. The molecule has 0 heterocycles. The maximum Gasteiger partial charge on any atom is 0.0462 e. The van der Waals surface area contributed by atoms with Crippen molar-refractivity contribution in [2.24, 2.45) is 11.7 Å². The highest BCUT2D eigenvalue weighted by Crippen LogP contribution is 2.18. The first-order valence-electron chi connectivity index (χ1n) is 6.16. The van der Waals surface area contributed by atoms with Gasteiger partial charge >= 0.3 is 0 Å². The van der Waals surface area contributed by atoms with Crippen molar-refractivity contribution in [1.29, 1.82) is 0 Å². The van der Waals surface area contributed by atoms with Crippen LogP contribution in [0, 0.1) is 5.92 Å². The van der Waals surface area contributed by atoms with Crippen molar-refractivity contribution >= 4 is 0 Å². The van der Waals surface area contributed by atoms with Gasteiger partial charge in [-0.3, -0.25) is 0 Å². The van der Waals surface area contributed by atoms with E-state index in [9.17, 15) is 0 Å². The van der Waals surface area contributed by atoms with Crippen LogP contribution in [0.5, 0.6) is 0 Å². The molecule has 0 saturated heterocycles. The average Bonchev–Trinajstić information content (AvgIpc) is 2.26. The molecule has 0 rings (SSSR count). The van der Waals surface area contributed by atoms with Crippen molar-refractivity contribution in [2.75, 3.05) is 20.3 Å². The molecule has 1 atom stereocenters. The SMILES string of the molecule is CCCC(/C=C(\CC)CN)CCCOC. The van der Waals surface area contributed by atoms with Crippen LogP contribution in [0.1, 0.15) is 46.0 Å². The van der Waals surface area contributed by atoms with E-state index >= 15 is 0 Å². The monoisotopic (exact) mass is 213 g/mol. The van der Waals surface area contributed by atoms with E-state index < -0.39 is 0 Å². The topological polar surface area (TPSA) is 35.2 Å².